The predicted octanol–water partition coefficient (Wildman–Crippen LogP) is 1.83. The second-order valence-corrected chi connectivity index (χ2v) is 5.63. The van der Waals surface area contributed by atoms with Crippen LogP contribution in [0.1, 0.15) is 40.7 Å². The van der Waals surface area contributed by atoms with E-state index in [1.165, 1.54) is 0 Å². The molecule has 0 aromatic heterocycles. The van der Waals surface area contributed by atoms with Crippen molar-refractivity contribution in [2.75, 3.05) is 13.1 Å². The Balaban J connectivity index is 1.92. The lowest BCUT2D eigenvalue weighted by molar-refractivity contribution is -0.130. The Bertz CT molecular complexity index is 525. The fourth-order valence-corrected chi connectivity index (χ4v) is 2.56. The molecule has 0 saturated carbocycles. The number of nitrogens with zero attached hydrogens (tertiary/aromatic N) is 1. The molecule has 0 unspecified atom stereocenters. The van der Waals surface area contributed by atoms with E-state index in [1.807, 2.05) is 32.0 Å². The molecule has 2 rings (SSSR count). The molecule has 0 bridgehead atoms. The van der Waals surface area contributed by atoms with Gasteiger partial charge in [0.2, 0.25) is 5.91 Å². The van der Waals surface area contributed by atoms with Crippen LogP contribution in [0.15, 0.2) is 18.2 Å². The molecule has 0 radical (unpaired) electrons. The van der Waals surface area contributed by atoms with Crippen LogP contribution in [0.4, 0.5) is 0 Å². The summed E-state index contributed by atoms with van der Waals surface area (Å²) in [7, 11) is 0. The zero-order chi connectivity index (χ0) is 14.7. The maximum Gasteiger partial charge on any atom is 0.223 e. The van der Waals surface area contributed by atoms with Crippen LogP contribution in [0.3, 0.4) is 0 Å². The minimum absolute atomic E-state index is 0.0385. The highest BCUT2D eigenvalue weighted by atomic mass is 16.2. The van der Waals surface area contributed by atoms with E-state index in [4.69, 9.17) is 5.73 Å². The number of nitrogens with two attached hydrogens (primary N) is 1. The summed E-state index contributed by atoms with van der Waals surface area (Å²) in [5.41, 5.74) is 8.55. The van der Waals surface area contributed by atoms with Gasteiger partial charge in [0.05, 0.1) is 0 Å². The summed E-state index contributed by atoms with van der Waals surface area (Å²) in [5.74, 6) is 0.0830. The van der Waals surface area contributed by atoms with Crippen molar-refractivity contribution in [1.29, 1.82) is 0 Å². The fraction of sp³-hybridized carbons (Fsp3) is 0.500. The molecule has 1 atom stereocenters. The third kappa shape index (κ3) is 3.45. The van der Waals surface area contributed by atoms with Gasteiger partial charge in [0.1, 0.15) is 0 Å². The van der Waals surface area contributed by atoms with E-state index in [-0.39, 0.29) is 30.6 Å². The molecule has 1 aromatic rings. The van der Waals surface area contributed by atoms with Gasteiger partial charge < -0.3 is 10.6 Å². The molecule has 2 N–H and O–H groups in total. The Morgan fingerprint density at radius 3 is 2.70 bits per heavy atom. The monoisotopic (exact) mass is 274 g/mol. The standard InChI is InChI=1S/C16H22N2O2/c1-11-3-4-12(2)14(9-11)15(19)5-6-16(20)18-8-7-13(17)10-18/h3-4,9,13H,5-8,10,17H2,1-2H3/t13-/m1/s1. The number of hydrogen-bond acceptors (Lipinski definition) is 3. The second kappa shape index (κ2) is 6.18. The molecule has 4 nitrogen and oxygen atoms in total. The fourth-order valence-electron chi connectivity index (χ4n) is 2.56. The van der Waals surface area contributed by atoms with Gasteiger partial charge in [-0.15, -0.1) is 0 Å². The molecule has 20 heavy (non-hydrogen) atoms. The number of carbonyl (C=O) groups is 2. The first-order valence-corrected chi connectivity index (χ1v) is 7.11. The number of amides is 1. The van der Waals surface area contributed by atoms with Crippen LogP contribution in [-0.2, 0) is 4.79 Å². The summed E-state index contributed by atoms with van der Waals surface area (Å²) in [6.45, 7) is 5.23. The van der Waals surface area contributed by atoms with Gasteiger partial charge in [-0.25, -0.2) is 0 Å². The molecule has 1 heterocycles. The highest BCUT2D eigenvalue weighted by Crippen LogP contribution is 2.15. The lowest BCUT2D eigenvalue weighted by atomic mass is 9.99. The summed E-state index contributed by atoms with van der Waals surface area (Å²) in [4.78, 5) is 26.0. The first-order valence-electron chi connectivity index (χ1n) is 7.11. The van der Waals surface area contributed by atoms with Gasteiger partial charge in [-0.3, -0.25) is 9.59 Å². The van der Waals surface area contributed by atoms with Crippen molar-refractivity contribution in [3.8, 4) is 0 Å². The number of aryl methyl sites for hydroxylation is 2. The molecule has 1 fully saturated rings. The molecule has 1 aliphatic rings. The van der Waals surface area contributed by atoms with Gasteiger partial charge >= 0.3 is 0 Å². The molecule has 1 aromatic carbocycles. The number of benzene rings is 1. The first-order chi connectivity index (χ1) is 9.47. The molecular weight excluding hydrogens is 252 g/mol. The Labute approximate surface area is 119 Å². The summed E-state index contributed by atoms with van der Waals surface area (Å²) >= 11 is 0. The van der Waals surface area contributed by atoms with Crippen molar-refractivity contribution >= 4 is 11.7 Å². The van der Waals surface area contributed by atoms with E-state index in [2.05, 4.69) is 0 Å². The number of carbonyl (C=O) groups excluding carboxylic acids is 2. The quantitative estimate of drug-likeness (QED) is 0.852. The Hall–Kier alpha value is -1.68. The normalized spacial score (nSPS) is 18.4. The average molecular weight is 274 g/mol. The summed E-state index contributed by atoms with van der Waals surface area (Å²) in [6, 6.07) is 5.93. The minimum atomic E-state index is 0.0385. The van der Waals surface area contributed by atoms with Crippen molar-refractivity contribution in [3.05, 3.63) is 34.9 Å². The summed E-state index contributed by atoms with van der Waals surface area (Å²) < 4.78 is 0. The number of likely N-dealkylation sites (tertiary alicyclic amines) is 1. The summed E-state index contributed by atoms with van der Waals surface area (Å²) in [6.07, 6.45) is 1.41. The highest BCUT2D eigenvalue weighted by Gasteiger charge is 2.23. The lowest BCUT2D eigenvalue weighted by Crippen LogP contribution is -2.32. The molecule has 0 aliphatic carbocycles. The Morgan fingerprint density at radius 1 is 1.30 bits per heavy atom. The zero-order valence-corrected chi connectivity index (χ0v) is 12.2. The molecule has 4 heteroatoms. The van der Waals surface area contributed by atoms with E-state index in [0.29, 0.717) is 6.54 Å². The maximum atomic E-state index is 12.2. The van der Waals surface area contributed by atoms with Crippen LogP contribution in [0.25, 0.3) is 0 Å². The maximum absolute atomic E-state index is 12.2. The SMILES string of the molecule is Cc1ccc(C)c(C(=O)CCC(=O)N2CC[C@@H](N)C2)c1. The van der Waals surface area contributed by atoms with Crippen LogP contribution in [0, 0.1) is 13.8 Å². The van der Waals surface area contributed by atoms with Crippen molar-refractivity contribution in [1.82, 2.24) is 4.90 Å². The first kappa shape index (κ1) is 14.7. The van der Waals surface area contributed by atoms with Crippen LogP contribution >= 0.6 is 0 Å². The molecule has 1 aliphatic heterocycles. The van der Waals surface area contributed by atoms with Gasteiger partial charge in [-0.2, -0.15) is 0 Å². The number of ketones is 1. The van der Waals surface area contributed by atoms with E-state index in [0.717, 1.165) is 29.7 Å². The largest absolute Gasteiger partial charge is 0.341 e. The predicted molar refractivity (Wildman–Crippen MR) is 78.7 cm³/mol. The molecule has 108 valence electrons. The molecule has 1 saturated heterocycles. The third-order valence-corrected chi connectivity index (χ3v) is 3.84. The second-order valence-electron chi connectivity index (χ2n) is 5.63. The van der Waals surface area contributed by atoms with Crippen LogP contribution in [0.5, 0.6) is 0 Å². The highest BCUT2D eigenvalue weighted by molar-refractivity contribution is 5.99. The van der Waals surface area contributed by atoms with Gasteiger partial charge in [0.15, 0.2) is 5.78 Å². The number of Topliss-reactive ketones (excluding diaryl/α,β-unsaturated/α-hetero) is 1. The lowest BCUT2D eigenvalue weighted by Gasteiger charge is -2.15. The zero-order valence-electron chi connectivity index (χ0n) is 12.2. The molecular formula is C16H22N2O2. The number of hydrogen-bond donors (Lipinski definition) is 1. The van der Waals surface area contributed by atoms with Gasteiger partial charge in [-0.1, -0.05) is 17.7 Å². The third-order valence-electron chi connectivity index (χ3n) is 3.84. The number of rotatable bonds is 4. The smallest absolute Gasteiger partial charge is 0.223 e. The molecule has 1 amide bonds. The van der Waals surface area contributed by atoms with Crippen molar-refractivity contribution in [3.63, 3.8) is 0 Å². The average Bonchev–Trinajstić information content (AvgIpc) is 2.85. The van der Waals surface area contributed by atoms with E-state index >= 15 is 0 Å². The topological polar surface area (TPSA) is 63.4 Å². The molecule has 0 spiro atoms. The van der Waals surface area contributed by atoms with Crippen LogP contribution in [-0.4, -0.2) is 35.7 Å². The Kier molecular flexibility index (Phi) is 4.55. The minimum Gasteiger partial charge on any atom is -0.341 e. The van der Waals surface area contributed by atoms with Crippen molar-refractivity contribution < 1.29 is 9.59 Å². The van der Waals surface area contributed by atoms with Gasteiger partial charge in [0, 0.05) is 37.5 Å². The summed E-state index contributed by atoms with van der Waals surface area (Å²) in [5, 5.41) is 0. The van der Waals surface area contributed by atoms with Gasteiger partial charge in [0.25, 0.3) is 0 Å². The van der Waals surface area contributed by atoms with Crippen molar-refractivity contribution in [2.24, 2.45) is 5.73 Å². The van der Waals surface area contributed by atoms with Crippen LogP contribution < -0.4 is 5.73 Å². The van der Waals surface area contributed by atoms with E-state index in [9.17, 15) is 9.59 Å². The van der Waals surface area contributed by atoms with E-state index in [1.54, 1.807) is 4.90 Å². The van der Waals surface area contributed by atoms with Crippen LogP contribution in [0.2, 0.25) is 0 Å². The van der Waals surface area contributed by atoms with Gasteiger partial charge in [-0.05, 0) is 31.9 Å². The van der Waals surface area contributed by atoms with Crippen molar-refractivity contribution in [2.45, 2.75) is 39.2 Å². The van der Waals surface area contributed by atoms with E-state index < -0.39 is 0 Å². The Morgan fingerprint density at radius 2 is 2.05 bits per heavy atom.